The Morgan fingerprint density at radius 2 is 1.46 bits per heavy atom. The Bertz CT molecular complexity index is 921. The fourth-order valence-corrected chi connectivity index (χ4v) is 3.12. The summed E-state index contributed by atoms with van der Waals surface area (Å²) in [5.74, 6) is -0.0844. The third kappa shape index (κ3) is 4.37. The number of aryl methyl sites for hydroxylation is 1. The molecule has 3 aromatic rings. The summed E-state index contributed by atoms with van der Waals surface area (Å²) in [6, 6.07) is 20.6. The van der Waals surface area contributed by atoms with E-state index in [-0.39, 0.29) is 12.3 Å². The zero-order chi connectivity index (χ0) is 18.5. The highest BCUT2D eigenvalue weighted by Crippen LogP contribution is 2.33. The zero-order valence-corrected chi connectivity index (χ0v) is 15.7. The normalized spacial score (nSPS) is 10.4. The first kappa shape index (κ1) is 18.3. The largest absolute Gasteiger partial charge is 0.353 e. The van der Waals surface area contributed by atoms with Gasteiger partial charge in [0.2, 0.25) is 5.91 Å². The Morgan fingerprint density at radius 1 is 0.846 bits per heavy atom. The summed E-state index contributed by atoms with van der Waals surface area (Å²) in [5.41, 5.74) is 4.12. The molecule has 132 valence electrons. The van der Waals surface area contributed by atoms with E-state index in [0.717, 1.165) is 22.5 Å². The zero-order valence-electron chi connectivity index (χ0n) is 14.2. The van der Waals surface area contributed by atoms with Crippen molar-refractivity contribution in [2.24, 2.45) is 0 Å². The molecule has 0 atom stereocenters. The van der Waals surface area contributed by atoms with Crippen LogP contribution in [0.1, 0.15) is 11.1 Å². The summed E-state index contributed by atoms with van der Waals surface area (Å²) in [7, 11) is 0. The Balaban J connectivity index is 1.79. The average Bonchev–Trinajstić information content (AvgIpc) is 2.61. The van der Waals surface area contributed by atoms with Gasteiger partial charge in [-0.15, -0.1) is 0 Å². The van der Waals surface area contributed by atoms with E-state index in [1.165, 1.54) is 0 Å². The van der Waals surface area contributed by atoms with Crippen LogP contribution in [0.2, 0.25) is 10.0 Å². The van der Waals surface area contributed by atoms with Gasteiger partial charge in [-0.3, -0.25) is 4.79 Å². The number of para-hydroxylation sites is 3. The molecule has 0 saturated carbocycles. The van der Waals surface area contributed by atoms with Crippen molar-refractivity contribution in [2.45, 2.75) is 13.3 Å². The third-order valence-electron chi connectivity index (χ3n) is 4.01. The highest BCUT2D eigenvalue weighted by atomic mass is 35.5. The Morgan fingerprint density at radius 3 is 2.15 bits per heavy atom. The fraction of sp³-hybridized carbons (Fsp3) is 0.0952. The standard InChI is InChI=1S/C21H18Cl2N2O/c1-14-7-2-4-11-18(14)24-20(26)13-15-8-3-5-12-19(15)25-21-16(22)9-6-10-17(21)23/h2-12,25H,13H2,1H3,(H,24,26). The molecule has 26 heavy (non-hydrogen) atoms. The molecule has 0 unspecified atom stereocenters. The highest BCUT2D eigenvalue weighted by Gasteiger charge is 2.12. The summed E-state index contributed by atoms with van der Waals surface area (Å²) >= 11 is 12.5. The van der Waals surface area contributed by atoms with Crippen molar-refractivity contribution in [3.8, 4) is 0 Å². The van der Waals surface area contributed by atoms with Gasteiger partial charge in [0, 0.05) is 11.4 Å². The summed E-state index contributed by atoms with van der Waals surface area (Å²) in [6.45, 7) is 1.96. The number of rotatable bonds is 5. The van der Waals surface area contributed by atoms with Crippen LogP contribution < -0.4 is 10.6 Å². The topological polar surface area (TPSA) is 41.1 Å². The lowest BCUT2D eigenvalue weighted by Crippen LogP contribution is -2.16. The smallest absolute Gasteiger partial charge is 0.228 e. The monoisotopic (exact) mass is 384 g/mol. The molecular weight excluding hydrogens is 367 g/mol. The number of carbonyl (C=O) groups excluding carboxylic acids is 1. The highest BCUT2D eigenvalue weighted by molar-refractivity contribution is 6.39. The minimum absolute atomic E-state index is 0.0844. The van der Waals surface area contributed by atoms with Crippen LogP contribution in [0.3, 0.4) is 0 Å². The second-order valence-corrected chi connectivity index (χ2v) is 6.73. The number of carbonyl (C=O) groups is 1. The molecule has 0 aliphatic carbocycles. The van der Waals surface area contributed by atoms with Gasteiger partial charge in [-0.25, -0.2) is 0 Å². The Kier molecular flexibility index (Phi) is 5.82. The first-order valence-corrected chi connectivity index (χ1v) is 8.94. The maximum atomic E-state index is 12.5. The van der Waals surface area contributed by atoms with Gasteiger partial charge in [0.1, 0.15) is 0 Å². The third-order valence-corrected chi connectivity index (χ3v) is 4.64. The van der Waals surface area contributed by atoms with Crippen LogP contribution in [0.5, 0.6) is 0 Å². The van der Waals surface area contributed by atoms with Gasteiger partial charge in [0.05, 0.1) is 22.2 Å². The Hall–Kier alpha value is -2.49. The number of halogens is 2. The molecule has 0 spiro atoms. The van der Waals surface area contributed by atoms with Crippen LogP contribution in [0.4, 0.5) is 17.1 Å². The van der Waals surface area contributed by atoms with E-state index in [0.29, 0.717) is 15.7 Å². The van der Waals surface area contributed by atoms with Crippen molar-refractivity contribution >= 4 is 46.2 Å². The summed E-state index contributed by atoms with van der Waals surface area (Å²) in [4.78, 5) is 12.5. The van der Waals surface area contributed by atoms with Crippen molar-refractivity contribution in [3.05, 3.63) is 87.9 Å². The second kappa shape index (κ2) is 8.26. The lowest BCUT2D eigenvalue weighted by atomic mass is 10.1. The van der Waals surface area contributed by atoms with Gasteiger partial charge in [0.15, 0.2) is 0 Å². The summed E-state index contributed by atoms with van der Waals surface area (Å²) in [6.07, 6.45) is 0.236. The predicted octanol–water partition coefficient (Wildman–Crippen LogP) is 6.23. The van der Waals surface area contributed by atoms with Gasteiger partial charge < -0.3 is 10.6 Å². The van der Waals surface area contributed by atoms with Gasteiger partial charge >= 0.3 is 0 Å². The first-order valence-electron chi connectivity index (χ1n) is 8.19. The van der Waals surface area contributed by atoms with Crippen molar-refractivity contribution in [1.82, 2.24) is 0 Å². The number of amides is 1. The van der Waals surface area contributed by atoms with E-state index >= 15 is 0 Å². The van der Waals surface area contributed by atoms with Gasteiger partial charge in [-0.2, -0.15) is 0 Å². The van der Waals surface area contributed by atoms with E-state index < -0.39 is 0 Å². The molecule has 1 amide bonds. The first-order chi connectivity index (χ1) is 12.5. The average molecular weight is 385 g/mol. The molecular formula is C21H18Cl2N2O. The molecule has 0 fully saturated rings. The van der Waals surface area contributed by atoms with Crippen LogP contribution in [0.15, 0.2) is 66.7 Å². The molecule has 0 aliphatic rings. The maximum absolute atomic E-state index is 12.5. The molecule has 0 radical (unpaired) electrons. The van der Waals surface area contributed by atoms with Crippen molar-refractivity contribution in [3.63, 3.8) is 0 Å². The van der Waals surface area contributed by atoms with Crippen molar-refractivity contribution < 1.29 is 4.79 Å². The van der Waals surface area contributed by atoms with E-state index in [1.54, 1.807) is 18.2 Å². The molecule has 3 aromatic carbocycles. The van der Waals surface area contributed by atoms with Crippen molar-refractivity contribution in [2.75, 3.05) is 10.6 Å². The van der Waals surface area contributed by atoms with Crippen LogP contribution in [0, 0.1) is 6.92 Å². The number of hydrogen-bond donors (Lipinski definition) is 2. The van der Waals surface area contributed by atoms with Gasteiger partial charge in [-0.05, 0) is 42.3 Å². The minimum Gasteiger partial charge on any atom is -0.353 e. The number of benzene rings is 3. The quantitative estimate of drug-likeness (QED) is 0.547. The number of anilines is 3. The molecule has 0 saturated heterocycles. The molecule has 0 aromatic heterocycles. The molecule has 5 heteroatoms. The Labute approximate surface area is 163 Å². The summed E-state index contributed by atoms with van der Waals surface area (Å²) in [5, 5.41) is 7.25. The molecule has 0 bridgehead atoms. The maximum Gasteiger partial charge on any atom is 0.228 e. The van der Waals surface area contributed by atoms with Gasteiger partial charge in [-0.1, -0.05) is 65.7 Å². The molecule has 0 heterocycles. The van der Waals surface area contributed by atoms with Crippen LogP contribution in [-0.2, 0) is 11.2 Å². The van der Waals surface area contributed by atoms with Crippen LogP contribution >= 0.6 is 23.2 Å². The molecule has 0 aliphatic heterocycles. The summed E-state index contributed by atoms with van der Waals surface area (Å²) < 4.78 is 0. The van der Waals surface area contributed by atoms with E-state index in [1.807, 2.05) is 55.5 Å². The van der Waals surface area contributed by atoms with Gasteiger partial charge in [0.25, 0.3) is 0 Å². The fourth-order valence-electron chi connectivity index (χ4n) is 2.63. The molecule has 3 rings (SSSR count). The SMILES string of the molecule is Cc1ccccc1NC(=O)Cc1ccccc1Nc1c(Cl)cccc1Cl. The van der Waals surface area contributed by atoms with Crippen LogP contribution in [-0.4, -0.2) is 5.91 Å². The molecule has 3 nitrogen and oxygen atoms in total. The van der Waals surface area contributed by atoms with E-state index in [9.17, 15) is 4.79 Å². The lowest BCUT2D eigenvalue weighted by Gasteiger charge is -2.15. The lowest BCUT2D eigenvalue weighted by molar-refractivity contribution is -0.115. The second-order valence-electron chi connectivity index (χ2n) is 5.92. The minimum atomic E-state index is -0.0844. The van der Waals surface area contributed by atoms with Crippen LogP contribution in [0.25, 0.3) is 0 Å². The predicted molar refractivity (Wildman–Crippen MR) is 110 cm³/mol. The van der Waals surface area contributed by atoms with Crippen molar-refractivity contribution in [1.29, 1.82) is 0 Å². The van der Waals surface area contributed by atoms with E-state index in [2.05, 4.69) is 10.6 Å². The molecule has 2 N–H and O–H groups in total. The van der Waals surface area contributed by atoms with E-state index in [4.69, 9.17) is 23.2 Å². The number of nitrogens with one attached hydrogen (secondary N) is 2. The number of hydrogen-bond acceptors (Lipinski definition) is 2.